The molecule has 0 bridgehead atoms. The van der Waals surface area contributed by atoms with Crippen LogP contribution in [0.4, 0.5) is 0 Å². The Kier molecular flexibility index (Phi) is 5.67. The third-order valence-electron chi connectivity index (χ3n) is 4.10. The molecule has 9 heteroatoms. The Morgan fingerprint density at radius 1 is 1.28 bits per heavy atom. The summed E-state index contributed by atoms with van der Waals surface area (Å²) in [4.78, 5) is 39.8. The van der Waals surface area contributed by atoms with Gasteiger partial charge in [-0.2, -0.15) is 5.11 Å². The largest absolute Gasteiger partial charge is 0.350 e. The highest BCUT2D eigenvalue weighted by Crippen LogP contribution is 2.10. The van der Waals surface area contributed by atoms with Gasteiger partial charge in [0.25, 0.3) is 17.7 Å². The standard InChI is InChI=1S/C16H19N5O3S/c22-14-4-3-12(18-19-14)16(24)21-9-7-20(8-10-21)6-5-17-15(23)13-2-1-11-25-13/h1-4,11-12H,5-10H2,(H,17,23). The number of amides is 3. The Bertz CT molecular complexity index is 677. The molecule has 1 atom stereocenters. The molecule has 2 aliphatic heterocycles. The fourth-order valence-corrected chi connectivity index (χ4v) is 3.34. The summed E-state index contributed by atoms with van der Waals surface area (Å²) in [5.41, 5.74) is 0. The van der Waals surface area contributed by atoms with Crippen molar-refractivity contribution in [2.75, 3.05) is 39.3 Å². The lowest BCUT2D eigenvalue weighted by molar-refractivity contribution is -0.133. The molecule has 1 aromatic rings. The van der Waals surface area contributed by atoms with Crippen molar-refractivity contribution in [2.45, 2.75) is 6.04 Å². The molecule has 0 aliphatic carbocycles. The highest BCUT2D eigenvalue weighted by molar-refractivity contribution is 7.12. The van der Waals surface area contributed by atoms with Gasteiger partial charge in [0.2, 0.25) is 0 Å². The van der Waals surface area contributed by atoms with E-state index in [2.05, 4.69) is 20.4 Å². The molecule has 0 aromatic carbocycles. The number of rotatable bonds is 5. The van der Waals surface area contributed by atoms with E-state index < -0.39 is 11.9 Å². The van der Waals surface area contributed by atoms with Crippen LogP contribution < -0.4 is 5.32 Å². The third-order valence-corrected chi connectivity index (χ3v) is 4.97. The summed E-state index contributed by atoms with van der Waals surface area (Å²) in [5, 5.41) is 11.9. The molecule has 132 valence electrons. The highest BCUT2D eigenvalue weighted by Gasteiger charge is 2.27. The van der Waals surface area contributed by atoms with Crippen LogP contribution in [0.15, 0.2) is 39.9 Å². The van der Waals surface area contributed by atoms with Crippen molar-refractivity contribution in [2.24, 2.45) is 10.2 Å². The predicted molar refractivity (Wildman–Crippen MR) is 92.5 cm³/mol. The summed E-state index contributed by atoms with van der Waals surface area (Å²) in [7, 11) is 0. The molecular weight excluding hydrogens is 342 g/mol. The smallest absolute Gasteiger partial charge is 0.287 e. The first-order valence-electron chi connectivity index (χ1n) is 8.09. The van der Waals surface area contributed by atoms with Gasteiger partial charge < -0.3 is 10.2 Å². The number of azo groups is 1. The van der Waals surface area contributed by atoms with E-state index in [-0.39, 0.29) is 11.8 Å². The van der Waals surface area contributed by atoms with E-state index >= 15 is 0 Å². The number of hydrogen-bond acceptors (Lipinski definition) is 6. The second kappa shape index (κ2) is 8.13. The second-order valence-electron chi connectivity index (χ2n) is 5.76. The highest BCUT2D eigenvalue weighted by atomic mass is 32.1. The zero-order chi connectivity index (χ0) is 17.6. The summed E-state index contributed by atoms with van der Waals surface area (Å²) < 4.78 is 0. The van der Waals surface area contributed by atoms with E-state index in [9.17, 15) is 14.4 Å². The molecule has 1 unspecified atom stereocenters. The molecular formula is C16H19N5O3S. The quantitative estimate of drug-likeness (QED) is 0.828. The fourth-order valence-electron chi connectivity index (χ4n) is 2.70. The lowest BCUT2D eigenvalue weighted by atomic mass is 10.2. The van der Waals surface area contributed by atoms with Gasteiger partial charge in [-0.25, -0.2) is 0 Å². The van der Waals surface area contributed by atoms with Crippen LogP contribution in [0.3, 0.4) is 0 Å². The van der Waals surface area contributed by atoms with Crippen LogP contribution >= 0.6 is 11.3 Å². The molecule has 0 saturated carbocycles. The van der Waals surface area contributed by atoms with Gasteiger partial charge in [0.05, 0.1) is 4.88 Å². The van der Waals surface area contributed by atoms with Crippen LogP contribution in [0.1, 0.15) is 9.67 Å². The summed E-state index contributed by atoms with van der Waals surface area (Å²) in [6.45, 7) is 4.01. The van der Waals surface area contributed by atoms with Gasteiger partial charge in [-0.05, 0) is 17.5 Å². The molecule has 2 aliphatic rings. The van der Waals surface area contributed by atoms with Gasteiger partial charge in [0, 0.05) is 45.3 Å². The van der Waals surface area contributed by atoms with E-state index in [0.29, 0.717) is 24.5 Å². The van der Waals surface area contributed by atoms with Crippen molar-refractivity contribution in [1.29, 1.82) is 0 Å². The molecule has 1 N–H and O–H groups in total. The topological polar surface area (TPSA) is 94.4 Å². The van der Waals surface area contributed by atoms with E-state index in [0.717, 1.165) is 19.6 Å². The van der Waals surface area contributed by atoms with Gasteiger partial charge in [0.1, 0.15) is 0 Å². The van der Waals surface area contributed by atoms with Crippen molar-refractivity contribution >= 4 is 29.1 Å². The monoisotopic (exact) mass is 361 g/mol. The minimum Gasteiger partial charge on any atom is -0.350 e. The maximum Gasteiger partial charge on any atom is 0.287 e. The number of carbonyl (C=O) groups excluding carboxylic acids is 3. The van der Waals surface area contributed by atoms with Gasteiger partial charge in [0.15, 0.2) is 6.04 Å². The van der Waals surface area contributed by atoms with Crippen LogP contribution in [0.5, 0.6) is 0 Å². The van der Waals surface area contributed by atoms with Crippen molar-refractivity contribution in [3.63, 3.8) is 0 Å². The number of piperazine rings is 1. The minimum absolute atomic E-state index is 0.0483. The van der Waals surface area contributed by atoms with E-state index in [1.165, 1.54) is 23.5 Å². The first-order chi connectivity index (χ1) is 12.1. The summed E-state index contributed by atoms with van der Waals surface area (Å²) in [5.74, 6) is -0.607. The Balaban J connectivity index is 1.38. The van der Waals surface area contributed by atoms with Crippen LogP contribution in [-0.4, -0.2) is 72.8 Å². The van der Waals surface area contributed by atoms with Gasteiger partial charge >= 0.3 is 0 Å². The molecule has 1 fully saturated rings. The number of nitrogens with zero attached hydrogens (tertiary/aromatic N) is 4. The minimum atomic E-state index is -0.686. The average molecular weight is 361 g/mol. The molecule has 3 heterocycles. The van der Waals surface area contributed by atoms with Gasteiger partial charge in [-0.3, -0.25) is 19.3 Å². The first kappa shape index (κ1) is 17.4. The molecule has 0 radical (unpaired) electrons. The van der Waals surface area contributed by atoms with Crippen molar-refractivity contribution < 1.29 is 14.4 Å². The molecule has 1 aromatic heterocycles. The molecule has 25 heavy (non-hydrogen) atoms. The van der Waals surface area contributed by atoms with Crippen molar-refractivity contribution in [3.8, 4) is 0 Å². The number of thiophene rings is 1. The maximum absolute atomic E-state index is 12.3. The molecule has 1 saturated heterocycles. The Labute approximate surface area is 149 Å². The number of nitrogens with one attached hydrogen (secondary N) is 1. The maximum atomic E-state index is 12.3. The van der Waals surface area contributed by atoms with E-state index in [4.69, 9.17) is 0 Å². The molecule has 3 amide bonds. The first-order valence-corrected chi connectivity index (χ1v) is 8.97. The van der Waals surface area contributed by atoms with Crippen LogP contribution in [0.25, 0.3) is 0 Å². The molecule has 0 spiro atoms. The van der Waals surface area contributed by atoms with Crippen LogP contribution in [-0.2, 0) is 9.59 Å². The van der Waals surface area contributed by atoms with Crippen LogP contribution in [0.2, 0.25) is 0 Å². The SMILES string of the molecule is O=C1C=CC(C(=O)N2CCN(CCNC(=O)c3cccs3)CC2)N=N1. The van der Waals surface area contributed by atoms with E-state index in [1.54, 1.807) is 11.0 Å². The summed E-state index contributed by atoms with van der Waals surface area (Å²) in [6.07, 6.45) is 2.77. The zero-order valence-electron chi connectivity index (χ0n) is 13.6. The normalized spacial score (nSPS) is 20.7. The Morgan fingerprint density at radius 2 is 2.08 bits per heavy atom. The van der Waals surface area contributed by atoms with E-state index in [1.807, 2.05) is 11.4 Å². The molecule has 8 nitrogen and oxygen atoms in total. The Hall–Kier alpha value is -2.39. The number of carbonyl (C=O) groups is 3. The van der Waals surface area contributed by atoms with Crippen molar-refractivity contribution in [3.05, 3.63) is 34.5 Å². The predicted octanol–water partition coefficient (Wildman–Crippen LogP) is 0.539. The third kappa shape index (κ3) is 4.58. The zero-order valence-corrected chi connectivity index (χ0v) is 14.4. The second-order valence-corrected chi connectivity index (χ2v) is 6.71. The average Bonchev–Trinajstić information content (AvgIpc) is 3.17. The summed E-state index contributed by atoms with van der Waals surface area (Å²) >= 11 is 1.42. The fraction of sp³-hybridized carbons (Fsp3) is 0.438. The Morgan fingerprint density at radius 3 is 2.72 bits per heavy atom. The van der Waals surface area contributed by atoms with Gasteiger partial charge in [-0.1, -0.05) is 6.07 Å². The number of hydrogen-bond donors (Lipinski definition) is 1. The van der Waals surface area contributed by atoms with Crippen LogP contribution in [0, 0.1) is 0 Å². The van der Waals surface area contributed by atoms with Crippen molar-refractivity contribution in [1.82, 2.24) is 15.1 Å². The molecule has 3 rings (SSSR count). The lowest BCUT2D eigenvalue weighted by Gasteiger charge is -2.35. The lowest BCUT2D eigenvalue weighted by Crippen LogP contribution is -2.52. The van der Waals surface area contributed by atoms with Gasteiger partial charge in [-0.15, -0.1) is 16.5 Å². The summed E-state index contributed by atoms with van der Waals surface area (Å²) in [6, 6.07) is 2.97.